The third-order valence-corrected chi connectivity index (χ3v) is 3.82. The maximum atomic E-state index is 5.98. The molecule has 0 aliphatic heterocycles. The lowest BCUT2D eigenvalue weighted by Crippen LogP contribution is -1.80. The van der Waals surface area contributed by atoms with Gasteiger partial charge in [0.15, 0.2) is 0 Å². The minimum Gasteiger partial charge on any atom is -0.338 e. The normalized spacial score (nSPS) is 11.2. The second-order valence-electron chi connectivity index (χ2n) is 4.03. The quantitative estimate of drug-likeness (QED) is 0.595. The molecule has 0 amide bonds. The number of halogens is 4. The minimum absolute atomic E-state index is 0.469. The molecule has 1 aromatic heterocycles. The van der Waals surface area contributed by atoms with Crippen molar-refractivity contribution < 1.29 is 0 Å². The Balaban J connectivity index is 2.20. The molecule has 19 heavy (non-hydrogen) atoms. The summed E-state index contributed by atoms with van der Waals surface area (Å²) in [5.41, 5.74) is 2.35. The summed E-state index contributed by atoms with van der Waals surface area (Å²) >= 11 is 23.9. The summed E-state index contributed by atoms with van der Waals surface area (Å²) in [4.78, 5) is 7.61. The molecule has 0 saturated heterocycles. The second-order valence-corrected chi connectivity index (χ2v) is 5.71. The van der Waals surface area contributed by atoms with Crippen LogP contribution in [0.5, 0.6) is 0 Å². The predicted octanol–water partition coefficient (Wildman–Crippen LogP) is 5.84. The van der Waals surface area contributed by atoms with Crippen LogP contribution < -0.4 is 0 Å². The van der Waals surface area contributed by atoms with Crippen molar-refractivity contribution in [3.05, 3.63) is 50.4 Å². The number of nitrogens with zero attached hydrogens (tertiary/aromatic N) is 1. The number of H-pyrrole nitrogens is 1. The summed E-state index contributed by atoms with van der Waals surface area (Å²) in [6.45, 7) is 0. The largest absolute Gasteiger partial charge is 0.338 e. The molecule has 3 rings (SSSR count). The number of aromatic amines is 1. The number of imidazole rings is 1. The predicted molar refractivity (Wildman–Crippen MR) is 81.6 cm³/mol. The Morgan fingerprint density at radius 2 is 1.42 bits per heavy atom. The third-order valence-electron chi connectivity index (χ3n) is 2.66. The zero-order chi connectivity index (χ0) is 13.6. The number of nitrogens with one attached hydrogen (secondary N) is 1. The van der Waals surface area contributed by atoms with Gasteiger partial charge in [0.1, 0.15) is 5.82 Å². The van der Waals surface area contributed by atoms with Crippen molar-refractivity contribution in [2.45, 2.75) is 0 Å². The Kier molecular flexibility index (Phi) is 3.35. The van der Waals surface area contributed by atoms with Crippen LogP contribution >= 0.6 is 46.4 Å². The van der Waals surface area contributed by atoms with E-state index in [2.05, 4.69) is 9.97 Å². The SMILES string of the molecule is Clc1cc(Cl)cc(-c2nc3cc(Cl)c(Cl)cc3[nH]2)c1. The molecular formula is C13H6Cl4N2. The molecule has 1 N–H and O–H groups in total. The summed E-state index contributed by atoms with van der Waals surface area (Å²) in [7, 11) is 0. The number of aromatic nitrogens is 2. The van der Waals surface area contributed by atoms with Crippen molar-refractivity contribution in [1.82, 2.24) is 9.97 Å². The van der Waals surface area contributed by atoms with E-state index in [1.54, 1.807) is 30.3 Å². The van der Waals surface area contributed by atoms with E-state index < -0.39 is 0 Å². The Labute approximate surface area is 129 Å². The molecule has 96 valence electrons. The Morgan fingerprint density at radius 1 is 0.789 bits per heavy atom. The van der Waals surface area contributed by atoms with Crippen molar-refractivity contribution in [3.8, 4) is 11.4 Å². The highest BCUT2D eigenvalue weighted by atomic mass is 35.5. The Bertz CT molecular complexity index is 720. The van der Waals surface area contributed by atoms with Gasteiger partial charge < -0.3 is 4.98 Å². The van der Waals surface area contributed by atoms with E-state index >= 15 is 0 Å². The van der Waals surface area contributed by atoms with Gasteiger partial charge in [-0.05, 0) is 30.3 Å². The van der Waals surface area contributed by atoms with E-state index in [0.29, 0.717) is 25.9 Å². The van der Waals surface area contributed by atoms with E-state index in [9.17, 15) is 0 Å². The fourth-order valence-corrected chi connectivity index (χ4v) is 2.68. The summed E-state index contributed by atoms with van der Waals surface area (Å²) in [6, 6.07) is 8.69. The van der Waals surface area contributed by atoms with Crippen molar-refractivity contribution in [1.29, 1.82) is 0 Å². The van der Waals surface area contributed by atoms with E-state index in [1.165, 1.54) is 0 Å². The molecule has 0 aliphatic rings. The van der Waals surface area contributed by atoms with Crippen molar-refractivity contribution in [2.75, 3.05) is 0 Å². The minimum atomic E-state index is 0.469. The third kappa shape index (κ3) is 2.54. The van der Waals surface area contributed by atoms with Crippen LogP contribution in [0.3, 0.4) is 0 Å². The van der Waals surface area contributed by atoms with E-state index in [4.69, 9.17) is 46.4 Å². The van der Waals surface area contributed by atoms with Crippen LogP contribution in [0.4, 0.5) is 0 Å². The topological polar surface area (TPSA) is 28.7 Å². The number of hydrogen-bond acceptors (Lipinski definition) is 1. The van der Waals surface area contributed by atoms with Crippen molar-refractivity contribution in [3.63, 3.8) is 0 Å². The van der Waals surface area contributed by atoms with Crippen LogP contribution in [-0.2, 0) is 0 Å². The molecule has 1 heterocycles. The molecule has 2 nitrogen and oxygen atoms in total. The molecule has 0 aliphatic carbocycles. The maximum absolute atomic E-state index is 5.98. The first-order valence-corrected chi connectivity index (χ1v) is 6.85. The van der Waals surface area contributed by atoms with Crippen molar-refractivity contribution in [2.24, 2.45) is 0 Å². The molecule has 0 atom stereocenters. The molecule has 0 spiro atoms. The first-order chi connectivity index (χ1) is 9.02. The van der Waals surface area contributed by atoms with E-state index in [1.807, 2.05) is 0 Å². The lowest BCUT2D eigenvalue weighted by molar-refractivity contribution is 1.34. The lowest BCUT2D eigenvalue weighted by Gasteiger charge is -1.98. The molecule has 0 unspecified atom stereocenters. The first-order valence-electron chi connectivity index (χ1n) is 5.34. The molecule has 2 aromatic carbocycles. The fraction of sp³-hybridized carbons (Fsp3) is 0. The standard InChI is InChI=1S/C13H6Cl4N2/c14-7-1-6(2-8(15)3-7)13-18-11-4-9(16)10(17)5-12(11)19-13/h1-5H,(H,18,19). The van der Waals surface area contributed by atoms with Gasteiger partial charge >= 0.3 is 0 Å². The summed E-state index contributed by atoms with van der Waals surface area (Å²) < 4.78 is 0. The summed E-state index contributed by atoms with van der Waals surface area (Å²) in [5, 5.41) is 2.06. The van der Waals surface area contributed by atoms with E-state index in [-0.39, 0.29) is 0 Å². The van der Waals surface area contributed by atoms with Crippen LogP contribution in [0, 0.1) is 0 Å². The number of rotatable bonds is 1. The van der Waals surface area contributed by atoms with Gasteiger partial charge in [0.05, 0.1) is 21.1 Å². The molecule has 0 saturated carbocycles. The van der Waals surface area contributed by atoms with Crippen molar-refractivity contribution >= 4 is 57.4 Å². The number of hydrogen-bond donors (Lipinski definition) is 1. The monoisotopic (exact) mass is 330 g/mol. The number of fused-ring (bicyclic) bond motifs is 1. The van der Waals surface area contributed by atoms with Gasteiger partial charge in [-0.3, -0.25) is 0 Å². The maximum Gasteiger partial charge on any atom is 0.138 e. The summed E-state index contributed by atoms with van der Waals surface area (Å²) in [6.07, 6.45) is 0. The Morgan fingerprint density at radius 3 is 2.11 bits per heavy atom. The van der Waals surface area contributed by atoms with Crippen LogP contribution in [0.25, 0.3) is 22.4 Å². The Hall–Kier alpha value is -0.930. The van der Waals surface area contributed by atoms with Crippen LogP contribution in [0.2, 0.25) is 20.1 Å². The first kappa shape index (κ1) is 13.1. The zero-order valence-corrected chi connectivity index (χ0v) is 12.4. The molecule has 0 bridgehead atoms. The highest BCUT2D eigenvalue weighted by Crippen LogP contribution is 2.30. The molecule has 0 radical (unpaired) electrons. The highest BCUT2D eigenvalue weighted by Gasteiger charge is 2.09. The van der Waals surface area contributed by atoms with Gasteiger partial charge in [0.2, 0.25) is 0 Å². The highest BCUT2D eigenvalue weighted by molar-refractivity contribution is 6.42. The van der Waals surface area contributed by atoms with Crippen LogP contribution in [0.1, 0.15) is 0 Å². The van der Waals surface area contributed by atoms with Crippen LogP contribution in [-0.4, -0.2) is 9.97 Å². The fourth-order valence-electron chi connectivity index (χ4n) is 1.83. The van der Waals surface area contributed by atoms with E-state index in [0.717, 1.165) is 16.6 Å². The lowest BCUT2D eigenvalue weighted by atomic mass is 10.2. The molecular weight excluding hydrogens is 326 g/mol. The number of benzene rings is 2. The van der Waals surface area contributed by atoms with Gasteiger partial charge in [-0.25, -0.2) is 4.98 Å². The average Bonchev–Trinajstić information content (AvgIpc) is 2.71. The smallest absolute Gasteiger partial charge is 0.138 e. The zero-order valence-electron chi connectivity index (χ0n) is 9.35. The second kappa shape index (κ2) is 4.88. The van der Waals surface area contributed by atoms with Gasteiger partial charge in [0.25, 0.3) is 0 Å². The van der Waals surface area contributed by atoms with Gasteiger partial charge in [-0.15, -0.1) is 0 Å². The molecule has 0 fully saturated rings. The summed E-state index contributed by atoms with van der Waals surface area (Å²) in [5.74, 6) is 0.665. The van der Waals surface area contributed by atoms with Crippen LogP contribution in [0.15, 0.2) is 30.3 Å². The molecule has 3 aromatic rings. The average molecular weight is 332 g/mol. The van der Waals surface area contributed by atoms with Gasteiger partial charge in [0, 0.05) is 15.6 Å². The van der Waals surface area contributed by atoms with Gasteiger partial charge in [-0.2, -0.15) is 0 Å². The van der Waals surface area contributed by atoms with Gasteiger partial charge in [-0.1, -0.05) is 46.4 Å². The molecule has 6 heteroatoms.